The van der Waals surface area contributed by atoms with Gasteiger partial charge in [0.25, 0.3) is 0 Å². The third-order valence-corrected chi connectivity index (χ3v) is 3.33. The Hall–Kier alpha value is -1.66. The quantitative estimate of drug-likeness (QED) is 0.863. The monoisotopic (exact) mass is 249 g/mol. The van der Waals surface area contributed by atoms with Gasteiger partial charge in [0.2, 0.25) is 5.88 Å². The second kappa shape index (κ2) is 4.22. The van der Waals surface area contributed by atoms with Crippen molar-refractivity contribution in [2.45, 2.75) is 31.8 Å². The van der Waals surface area contributed by atoms with Crippen molar-refractivity contribution in [3.8, 4) is 5.88 Å². The van der Waals surface area contributed by atoms with Gasteiger partial charge in [-0.05, 0) is 13.0 Å². The summed E-state index contributed by atoms with van der Waals surface area (Å²) < 4.78 is 12.8. The summed E-state index contributed by atoms with van der Waals surface area (Å²) in [5, 5.41) is 10.6. The Bertz CT molecular complexity index is 559. The predicted molar refractivity (Wildman–Crippen MR) is 64.3 cm³/mol. The molecule has 3 heterocycles. The van der Waals surface area contributed by atoms with Crippen LogP contribution in [-0.4, -0.2) is 39.0 Å². The van der Waals surface area contributed by atoms with E-state index in [9.17, 15) is 5.11 Å². The molecule has 2 aromatic rings. The molecule has 1 saturated heterocycles. The van der Waals surface area contributed by atoms with Crippen molar-refractivity contribution in [2.75, 3.05) is 7.11 Å². The summed E-state index contributed by atoms with van der Waals surface area (Å²) in [5.74, 6) is 0.547. The lowest BCUT2D eigenvalue weighted by Gasteiger charge is -2.13. The van der Waals surface area contributed by atoms with Crippen molar-refractivity contribution < 1.29 is 14.6 Å². The number of aromatic nitrogens is 3. The molecule has 6 nitrogen and oxygen atoms in total. The first-order valence-electron chi connectivity index (χ1n) is 5.89. The van der Waals surface area contributed by atoms with Crippen LogP contribution in [0.25, 0.3) is 11.0 Å². The van der Waals surface area contributed by atoms with E-state index in [0.29, 0.717) is 12.3 Å². The van der Waals surface area contributed by atoms with Crippen LogP contribution in [0.5, 0.6) is 5.88 Å². The number of nitrogens with zero attached hydrogens (tertiary/aromatic N) is 3. The number of rotatable bonds is 2. The van der Waals surface area contributed by atoms with Gasteiger partial charge in [-0.2, -0.15) is 0 Å². The second-order valence-electron chi connectivity index (χ2n) is 4.44. The van der Waals surface area contributed by atoms with Gasteiger partial charge in [-0.1, -0.05) is 0 Å². The molecule has 0 bridgehead atoms. The molecule has 1 aliphatic rings. The van der Waals surface area contributed by atoms with Crippen molar-refractivity contribution in [3.05, 3.63) is 18.6 Å². The Kier molecular flexibility index (Phi) is 2.68. The highest BCUT2D eigenvalue weighted by Gasteiger charge is 2.32. The summed E-state index contributed by atoms with van der Waals surface area (Å²) >= 11 is 0. The third kappa shape index (κ3) is 1.65. The van der Waals surface area contributed by atoms with Gasteiger partial charge >= 0.3 is 0 Å². The van der Waals surface area contributed by atoms with Gasteiger partial charge in [-0.25, -0.2) is 9.97 Å². The fourth-order valence-corrected chi connectivity index (χ4v) is 2.31. The average molecular weight is 249 g/mol. The minimum atomic E-state index is -0.434. The number of aliphatic hydroxyl groups excluding tert-OH is 1. The summed E-state index contributed by atoms with van der Waals surface area (Å²) in [6, 6.07) is 1.90. The molecule has 0 unspecified atom stereocenters. The molecular formula is C12H15N3O3. The topological polar surface area (TPSA) is 69.4 Å². The van der Waals surface area contributed by atoms with Crippen LogP contribution in [-0.2, 0) is 4.74 Å². The van der Waals surface area contributed by atoms with Gasteiger partial charge in [0.15, 0.2) is 0 Å². The zero-order valence-electron chi connectivity index (χ0n) is 10.3. The number of hydrogen-bond donors (Lipinski definition) is 1. The predicted octanol–water partition coefficient (Wildman–Crippen LogP) is 1.11. The van der Waals surface area contributed by atoms with Crippen LogP contribution in [0.3, 0.4) is 0 Å². The fraction of sp³-hybridized carbons (Fsp3) is 0.500. The van der Waals surface area contributed by atoms with E-state index in [-0.39, 0.29) is 12.3 Å². The number of methoxy groups -OCH3 is 1. The fourth-order valence-electron chi connectivity index (χ4n) is 2.31. The molecule has 3 atom stereocenters. The van der Waals surface area contributed by atoms with E-state index in [1.807, 2.05) is 23.8 Å². The highest BCUT2D eigenvalue weighted by Crippen LogP contribution is 2.32. The van der Waals surface area contributed by atoms with E-state index in [1.54, 1.807) is 7.11 Å². The minimum absolute atomic E-state index is 0.156. The smallest absolute Gasteiger partial charge is 0.225 e. The van der Waals surface area contributed by atoms with Gasteiger partial charge in [0.1, 0.15) is 18.2 Å². The van der Waals surface area contributed by atoms with Crippen LogP contribution in [0.2, 0.25) is 0 Å². The Labute approximate surface area is 104 Å². The Balaban J connectivity index is 2.03. The lowest BCUT2D eigenvalue weighted by Crippen LogP contribution is -2.15. The summed E-state index contributed by atoms with van der Waals surface area (Å²) in [6.07, 6.45) is 3.14. The lowest BCUT2D eigenvalue weighted by molar-refractivity contribution is -0.00609. The number of fused-ring (bicyclic) bond motifs is 1. The average Bonchev–Trinajstić information content (AvgIpc) is 2.93. The van der Waals surface area contributed by atoms with Gasteiger partial charge in [-0.3, -0.25) is 0 Å². The summed E-state index contributed by atoms with van der Waals surface area (Å²) in [4.78, 5) is 8.31. The molecule has 18 heavy (non-hydrogen) atoms. The zero-order valence-corrected chi connectivity index (χ0v) is 10.3. The highest BCUT2D eigenvalue weighted by molar-refractivity contribution is 5.81. The summed E-state index contributed by atoms with van der Waals surface area (Å²) in [7, 11) is 1.58. The lowest BCUT2D eigenvalue weighted by atomic mass is 10.2. The van der Waals surface area contributed by atoms with Crippen LogP contribution < -0.4 is 4.74 Å². The maximum atomic E-state index is 9.74. The van der Waals surface area contributed by atoms with E-state index in [2.05, 4.69) is 9.97 Å². The van der Waals surface area contributed by atoms with Gasteiger partial charge in [0, 0.05) is 12.6 Å². The van der Waals surface area contributed by atoms with Crippen molar-refractivity contribution in [3.63, 3.8) is 0 Å². The van der Waals surface area contributed by atoms with Crippen LogP contribution in [0.4, 0.5) is 0 Å². The SMILES string of the molecule is COc1ncnc2c1ccn2[C@H]1C[C@H](O)[C@@H](C)O1. The molecule has 96 valence electrons. The van der Waals surface area contributed by atoms with Crippen molar-refractivity contribution in [1.29, 1.82) is 0 Å². The molecule has 1 N–H and O–H groups in total. The standard InChI is InChI=1S/C12H15N3O3/c1-7-9(16)5-10(18-7)15-4-3-8-11(15)13-6-14-12(8)17-2/h3-4,6-7,9-10,16H,5H2,1-2H3/t7-,9+,10-/m1/s1. The number of hydrogen-bond acceptors (Lipinski definition) is 5. The van der Waals surface area contributed by atoms with Crippen LogP contribution in [0.1, 0.15) is 19.6 Å². The van der Waals surface area contributed by atoms with Gasteiger partial charge in [-0.15, -0.1) is 0 Å². The Morgan fingerprint density at radius 2 is 2.33 bits per heavy atom. The van der Waals surface area contributed by atoms with Crippen LogP contribution in [0.15, 0.2) is 18.6 Å². The Morgan fingerprint density at radius 1 is 1.50 bits per heavy atom. The molecule has 0 saturated carbocycles. The van der Waals surface area contributed by atoms with Crippen molar-refractivity contribution in [2.24, 2.45) is 0 Å². The molecule has 2 aromatic heterocycles. The van der Waals surface area contributed by atoms with Crippen LogP contribution in [0, 0.1) is 0 Å². The Morgan fingerprint density at radius 3 is 3.00 bits per heavy atom. The van der Waals surface area contributed by atoms with Gasteiger partial charge < -0.3 is 19.1 Å². The number of ether oxygens (including phenoxy) is 2. The third-order valence-electron chi connectivity index (χ3n) is 3.33. The zero-order chi connectivity index (χ0) is 12.7. The van der Waals surface area contributed by atoms with Crippen molar-refractivity contribution in [1.82, 2.24) is 14.5 Å². The normalized spacial score (nSPS) is 27.8. The molecule has 0 aromatic carbocycles. The minimum Gasteiger partial charge on any atom is -0.480 e. The van der Waals surface area contributed by atoms with E-state index < -0.39 is 6.10 Å². The largest absolute Gasteiger partial charge is 0.480 e. The first-order chi connectivity index (χ1) is 8.70. The molecule has 1 fully saturated rings. The number of aliphatic hydroxyl groups is 1. The van der Waals surface area contributed by atoms with E-state index >= 15 is 0 Å². The molecule has 3 rings (SSSR count). The molecule has 0 aliphatic carbocycles. The van der Waals surface area contributed by atoms with E-state index in [0.717, 1.165) is 11.0 Å². The van der Waals surface area contributed by atoms with E-state index in [4.69, 9.17) is 9.47 Å². The summed E-state index contributed by atoms with van der Waals surface area (Å²) in [6.45, 7) is 1.87. The first-order valence-corrected chi connectivity index (χ1v) is 5.89. The molecule has 1 aliphatic heterocycles. The van der Waals surface area contributed by atoms with Crippen LogP contribution >= 0.6 is 0 Å². The van der Waals surface area contributed by atoms with Gasteiger partial charge in [0.05, 0.1) is 24.7 Å². The highest BCUT2D eigenvalue weighted by atomic mass is 16.5. The first kappa shape index (κ1) is 11.4. The summed E-state index contributed by atoms with van der Waals surface area (Å²) in [5.41, 5.74) is 0.758. The maximum Gasteiger partial charge on any atom is 0.225 e. The molecular weight excluding hydrogens is 234 g/mol. The maximum absolute atomic E-state index is 9.74. The van der Waals surface area contributed by atoms with Crippen molar-refractivity contribution >= 4 is 11.0 Å². The molecule has 6 heteroatoms. The molecule has 0 spiro atoms. The van der Waals surface area contributed by atoms with E-state index in [1.165, 1.54) is 6.33 Å². The molecule has 0 amide bonds. The second-order valence-corrected chi connectivity index (χ2v) is 4.44. The molecule has 0 radical (unpaired) electrons.